The van der Waals surface area contributed by atoms with Crippen molar-refractivity contribution in [3.05, 3.63) is 0 Å². The van der Waals surface area contributed by atoms with Gasteiger partial charge < -0.3 is 0 Å². The molecule has 11 heteroatoms. The number of aliphatic hydroxyl groups is 1. The molecule has 0 aliphatic heterocycles. The second-order valence-electron chi connectivity index (χ2n) is 8.49. The second-order valence-corrected chi connectivity index (χ2v) is 10.6. The van der Waals surface area contributed by atoms with Gasteiger partial charge in [-0.3, -0.25) is 0 Å². The number of hydrogen-bond acceptors (Lipinski definition) is 7. The van der Waals surface area contributed by atoms with E-state index in [1.807, 2.05) is 5.82 Å². The predicted octanol–water partition coefficient (Wildman–Crippen LogP) is -0.0730. The van der Waals surface area contributed by atoms with Crippen molar-refractivity contribution in [3.8, 4) is 0 Å². The number of aliphatic carboxylic acids is 1. The Morgan fingerprint density at radius 2 is 1.68 bits per heavy atom. The molecular formula is C20H38N4O6Se. The Kier molecular flexibility index (Phi) is 12.5. The summed E-state index contributed by atoms with van der Waals surface area (Å²) in [6.45, 7) is 8.08. The molecular weight excluding hydrogens is 471 g/mol. The molecule has 0 spiro atoms. The maximum absolute atomic E-state index is 13.5. The van der Waals surface area contributed by atoms with E-state index >= 15 is 0 Å². The molecule has 0 unspecified atom stereocenters. The first-order valence-electron chi connectivity index (χ1n) is 10.3. The van der Waals surface area contributed by atoms with Crippen LogP contribution in [0.1, 0.15) is 53.9 Å². The number of carboxylic acids is 1. The van der Waals surface area contributed by atoms with Gasteiger partial charge in [-0.05, 0) is 0 Å². The summed E-state index contributed by atoms with van der Waals surface area (Å²) < 4.78 is 0. The number of carbonyl (C=O) groups excluding carboxylic acids is 3. The Bertz CT molecular complexity index is 643. The van der Waals surface area contributed by atoms with Gasteiger partial charge >= 0.3 is 190 Å². The molecule has 31 heavy (non-hydrogen) atoms. The predicted molar refractivity (Wildman–Crippen MR) is 118 cm³/mol. The van der Waals surface area contributed by atoms with Gasteiger partial charge in [0, 0.05) is 0 Å². The number of nitrogens with zero attached hydrogens (tertiary/aromatic N) is 1. The molecule has 0 heterocycles. The second kappa shape index (κ2) is 13.1. The van der Waals surface area contributed by atoms with Crippen molar-refractivity contribution in [1.29, 1.82) is 0 Å². The molecule has 7 N–H and O–H groups in total. The van der Waals surface area contributed by atoms with Crippen molar-refractivity contribution in [2.45, 2.75) is 88.9 Å². The van der Waals surface area contributed by atoms with Crippen LogP contribution in [0, 0.1) is 11.8 Å². The van der Waals surface area contributed by atoms with Crippen molar-refractivity contribution < 1.29 is 29.4 Å². The van der Waals surface area contributed by atoms with Crippen molar-refractivity contribution in [1.82, 2.24) is 10.2 Å². The minimum absolute atomic E-state index is 0.0302. The van der Waals surface area contributed by atoms with Gasteiger partial charge in [0.15, 0.2) is 0 Å². The molecule has 0 aliphatic rings. The Morgan fingerprint density at radius 1 is 1.13 bits per heavy atom. The van der Waals surface area contributed by atoms with E-state index in [1.54, 1.807) is 27.7 Å². The number of carbonyl (C=O) groups is 4. The van der Waals surface area contributed by atoms with Gasteiger partial charge in [-0.2, -0.15) is 0 Å². The molecule has 0 aromatic heterocycles. The third-order valence-electron chi connectivity index (χ3n) is 4.75. The molecule has 0 saturated carbocycles. The summed E-state index contributed by atoms with van der Waals surface area (Å²) in [5.41, 5.74) is 9.57. The number of imide groups is 1. The van der Waals surface area contributed by atoms with Crippen molar-refractivity contribution in [2.24, 2.45) is 23.3 Å². The zero-order chi connectivity index (χ0) is 24.5. The summed E-state index contributed by atoms with van der Waals surface area (Å²) in [6, 6.07) is -2.53. The Balaban J connectivity index is 6.20. The van der Waals surface area contributed by atoms with E-state index in [1.165, 1.54) is 6.92 Å². The minimum atomic E-state index is -2.26. The van der Waals surface area contributed by atoms with E-state index in [9.17, 15) is 29.4 Å². The zero-order valence-electron chi connectivity index (χ0n) is 19.3. The standard InChI is InChI=1S/C20H38N4O6Se/c1-11(2)10-20(22,19(29)30)24(14(26)8-7-9-31-6)18(28)16(12(3)4)23-17(27)15(21)13(5)25/h11-13,15-16,25H,7-10,21-22H2,1-6H3,(H,23,27)(H,29,30)/t13-,15+,16+,20+/m1/s1. The first-order valence-corrected chi connectivity index (χ1v) is 13.2. The number of aliphatic hydroxyl groups excluding tert-OH is 1. The third-order valence-corrected chi connectivity index (χ3v) is 6.21. The van der Waals surface area contributed by atoms with E-state index in [4.69, 9.17) is 11.5 Å². The van der Waals surface area contributed by atoms with Gasteiger partial charge in [0.25, 0.3) is 0 Å². The number of nitrogens with two attached hydrogens (primary N) is 2. The van der Waals surface area contributed by atoms with Crippen molar-refractivity contribution >= 4 is 38.6 Å². The molecule has 0 bridgehead atoms. The number of carboxylic acid groups (broad SMARTS) is 1. The van der Waals surface area contributed by atoms with Crippen LogP contribution in [-0.4, -0.2) is 77.6 Å². The number of nitrogens with one attached hydrogen (secondary N) is 1. The molecule has 3 amide bonds. The van der Waals surface area contributed by atoms with Crippen LogP contribution in [0.2, 0.25) is 11.1 Å². The van der Waals surface area contributed by atoms with Crippen molar-refractivity contribution in [2.75, 3.05) is 0 Å². The fourth-order valence-corrected chi connectivity index (χ4v) is 3.95. The molecule has 0 aromatic carbocycles. The Labute approximate surface area is 190 Å². The molecule has 10 nitrogen and oxygen atoms in total. The molecule has 0 aromatic rings. The summed E-state index contributed by atoms with van der Waals surface area (Å²) in [4.78, 5) is 51.6. The topological polar surface area (TPSA) is 176 Å². The normalized spacial score (nSPS) is 16.4. The molecule has 0 rings (SSSR count). The zero-order valence-corrected chi connectivity index (χ0v) is 21.0. The molecule has 0 aliphatic carbocycles. The van der Waals surface area contributed by atoms with E-state index in [-0.39, 0.29) is 18.8 Å². The quantitative estimate of drug-likeness (QED) is 0.130. The van der Waals surface area contributed by atoms with Crippen LogP contribution in [0.3, 0.4) is 0 Å². The molecule has 4 atom stereocenters. The monoisotopic (exact) mass is 510 g/mol. The number of rotatable bonds is 13. The third kappa shape index (κ3) is 8.50. The van der Waals surface area contributed by atoms with Gasteiger partial charge in [-0.25, -0.2) is 0 Å². The maximum atomic E-state index is 13.5. The van der Waals surface area contributed by atoms with E-state index in [0.29, 0.717) is 26.3 Å². The van der Waals surface area contributed by atoms with Gasteiger partial charge in [0.1, 0.15) is 0 Å². The molecule has 0 saturated heterocycles. The van der Waals surface area contributed by atoms with E-state index in [2.05, 4.69) is 5.32 Å². The van der Waals surface area contributed by atoms with Gasteiger partial charge in [0.05, 0.1) is 0 Å². The summed E-state index contributed by atoms with van der Waals surface area (Å²) in [6.07, 6.45) is -0.839. The van der Waals surface area contributed by atoms with Crippen LogP contribution >= 0.6 is 0 Å². The summed E-state index contributed by atoms with van der Waals surface area (Å²) in [5, 5.41) is 22.7. The van der Waals surface area contributed by atoms with Crippen LogP contribution in [0.15, 0.2) is 0 Å². The van der Waals surface area contributed by atoms with Crippen LogP contribution < -0.4 is 16.8 Å². The van der Waals surface area contributed by atoms with Gasteiger partial charge in [0.2, 0.25) is 0 Å². The van der Waals surface area contributed by atoms with E-state index < -0.39 is 53.5 Å². The summed E-state index contributed by atoms with van der Waals surface area (Å²) in [7, 11) is 0. The number of amides is 3. The number of hydrogen-bond donors (Lipinski definition) is 5. The fraction of sp³-hybridized carbons (Fsp3) is 0.800. The van der Waals surface area contributed by atoms with Crippen molar-refractivity contribution in [3.63, 3.8) is 0 Å². The van der Waals surface area contributed by atoms with Gasteiger partial charge in [-0.15, -0.1) is 0 Å². The van der Waals surface area contributed by atoms with Crippen LogP contribution in [0.5, 0.6) is 0 Å². The molecule has 180 valence electrons. The first-order chi connectivity index (χ1) is 14.2. The van der Waals surface area contributed by atoms with Crippen LogP contribution in [-0.2, 0) is 19.2 Å². The van der Waals surface area contributed by atoms with Crippen LogP contribution in [0.4, 0.5) is 0 Å². The van der Waals surface area contributed by atoms with Gasteiger partial charge in [-0.1, -0.05) is 0 Å². The fourth-order valence-electron chi connectivity index (χ4n) is 3.04. The Hall–Kier alpha value is -1.52. The van der Waals surface area contributed by atoms with E-state index in [0.717, 1.165) is 5.32 Å². The van der Waals surface area contributed by atoms with Crippen LogP contribution in [0.25, 0.3) is 0 Å². The summed E-state index contributed by atoms with van der Waals surface area (Å²) >= 11 is 0.325. The first kappa shape index (κ1) is 29.5. The average Bonchev–Trinajstić information content (AvgIpc) is 2.64. The Morgan fingerprint density at radius 3 is 2.06 bits per heavy atom. The molecule has 0 radical (unpaired) electrons. The SMILES string of the molecule is C[Se]CCCC(=O)N(C(=O)[C@@H](NC(=O)[C@@H](N)[C@@H](C)O)C(C)C)[C@@](N)(CC(C)C)C(=O)O. The molecule has 0 fully saturated rings. The summed E-state index contributed by atoms with van der Waals surface area (Å²) in [5.74, 6) is -2.59. The average molecular weight is 510 g/mol.